The zero-order valence-electron chi connectivity index (χ0n) is 22.8. The van der Waals surface area contributed by atoms with Gasteiger partial charge in [0.2, 0.25) is 5.91 Å². The predicted molar refractivity (Wildman–Crippen MR) is 152 cm³/mol. The van der Waals surface area contributed by atoms with Gasteiger partial charge in [-0.1, -0.05) is 13.0 Å². The second-order valence-electron chi connectivity index (χ2n) is 11.3. The first kappa shape index (κ1) is 28.3. The molecule has 4 atom stereocenters. The van der Waals surface area contributed by atoms with Gasteiger partial charge in [-0.15, -0.1) is 0 Å². The lowest BCUT2D eigenvalue weighted by molar-refractivity contribution is -0.133. The molecule has 1 aromatic carbocycles. The van der Waals surface area contributed by atoms with E-state index in [1.807, 2.05) is 47.3 Å². The molecule has 1 saturated carbocycles. The van der Waals surface area contributed by atoms with Gasteiger partial charge in [-0.2, -0.15) is 0 Å². The zero-order chi connectivity index (χ0) is 28.3. The van der Waals surface area contributed by atoms with Crippen LogP contribution in [-0.2, 0) is 14.6 Å². The summed E-state index contributed by atoms with van der Waals surface area (Å²) in [6.45, 7) is 3.13. The Morgan fingerprint density at radius 1 is 1.12 bits per heavy atom. The van der Waals surface area contributed by atoms with Crippen LogP contribution in [0.5, 0.6) is 0 Å². The van der Waals surface area contributed by atoms with Crippen LogP contribution >= 0.6 is 0 Å². The number of nitrogens with zero attached hydrogens (tertiary/aromatic N) is 2. The van der Waals surface area contributed by atoms with E-state index in [2.05, 4.69) is 17.6 Å². The van der Waals surface area contributed by atoms with Crippen LogP contribution in [-0.4, -0.2) is 72.9 Å². The van der Waals surface area contributed by atoms with Crippen molar-refractivity contribution < 1.29 is 22.4 Å². The SMILES string of the molecule is CC1([C@@H]2C[C@H]2NCCC[C@H](NC(=O)c2ccc(-n3cccc3)cc2)C(=O)N2CCS(=O)(=O)CC2)C=CC(F)=CC1. The summed E-state index contributed by atoms with van der Waals surface area (Å²) < 4.78 is 39.1. The maximum Gasteiger partial charge on any atom is 0.251 e. The first-order chi connectivity index (χ1) is 19.1. The third kappa shape index (κ3) is 6.72. The van der Waals surface area contributed by atoms with Gasteiger partial charge in [-0.05, 0) is 92.1 Å². The van der Waals surface area contributed by atoms with Gasteiger partial charge in [0.1, 0.15) is 11.9 Å². The summed E-state index contributed by atoms with van der Waals surface area (Å²) in [5.41, 5.74) is 1.32. The summed E-state index contributed by atoms with van der Waals surface area (Å²) in [7, 11) is -3.13. The van der Waals surface area contributed by atoms with Crippen molar-refractivity contribution in [3.63, 3.8) is 0 Å². The second kappa shape index (κ2) is 11.7. The van der Waals surface area contributed by atoms with Gasteiger partial charge in [-0.25, -0.2) is 12.8 Å². The van der Waals surface area contributed by atoms with Gasteiger partial charge in [0.05, 0.1) is 11.5 Å². The lowest BCUT2D eigenvalue weighted by atomic mass is 9.78. The van der Waals surface area contributed by atoms with E-state index in [4.69, 9.17) is 0 Å². The van der Waals surface area contributed by atoms with Crippen molar-refractivity contribution in [3.05, 3.63) is 78.4 Å². The van der Waals surface area contributed by atoms with Gasteiger partial charge in [0.15, 0.2) is 9.84 Å². The van der Waals surface area contributed by atoms with Crippen molar-refractivity contribution in [2.45, 2.75) is 44.7 Å². The molecule has 40 heavy (non-hydrogen) atoms. The lowest BCUT2D eigenvalue weighted by Gasteiger charge is -2.31. The zero-order valence-corrected chi connectivity index (χ0v) is 23.6. The summed E-state index contributed by atoms with van der Waals surface area (Å²) in [5.74, 6) is -0.438. The Kier molecular flexibility index (Phi) is 8.28. The number of hydrogen-bond acceptors (Lipinski definition) is 5. The van der Waals surface area contributed by atoms with E-state index in [1.54, 1.807) is 29.2 Å². The van der Waals surface area contributed by atoms with E-state index in [9.17, 15) is 22.4 Å². The summed E-state index contributed by atoms with van der Waals surface area (Å²) in [6.07, 6.45) is 11.8. The highest BCUT2D eigenvalue weighted by Crippen LogP contribution is 2.50. The van der Waals surface area contributed by atoms with Crippen molar-refractivity contribution >= 4 is 21.7 Å². The van der Waals surface area contributed by atoms with Crippen LogP contribution < -0.4 is 10.6 Å². The molecule has 1 aliphatic heterocycles. The minimum atomic E-state index is -3.13. The Labute approximate surface area is 235 Å². The predicted octanol–water partition coefficient (Wildman–Crippen LogP) is 3.41. The Hall–Kier alpha value is -3.24. The number of carbonyl (C=O) groups excluding carboxylic acids is 2. The number of benzene rings is 1. The Morgan fingerprint density at radius 2 is 1.82 bits per heavy atom. The normalized spacial score (nSPS) is 26.1. The van der Waals surface area contributed by atoms with Crippen LogP contribution in [0.3, 0.4) is 0 Å². The second-order valence-corrected chi connectivity index (χ2v) is 13.6. The maximum atomic E-state index is 13.4. The van der Waals surface area contributed by atoms with Crippen molar-refractivity contribution in [3.8, 4) is 5.69 Å². The molecule has 0 spiro atoms. The van der Waals surface area contributed by atoms with E-state index < -0.39 is 15.9 Å². The van der Waals surface area contributed by atoms with E-state index in [-0.39, 0.29) is 47.7 Å². The Morgan fingerprint density at radius 3 is 2.48 bits per heavy atom. The van der Waals surface area contributed by atoms with Gasteiger partial charge >= 0.3 is 0 Å². The third-order valence-electron chi connectivity index (χ3n) is 8.37. The number of nitrogens with one attached hydrogen (secondary N) is 2. The molecule has 1 saturated heterocycles. The van der Waals surface area contributed by atoms with Crippen LogP contribution in [0.15, 0.2) is 72.8 Å². The summed E-state index contributed by atoms with van der Waals surface area (Å²) >= 11 is 0. The number of aromatic nitrogens is 1. The molecule has 5 rings (SSSR count). The molecule has 10 heteroatoms. The fraction of sp³-hybridized carbons (Fsp3) is 0.467. The van der Waals surface area contributed by atoms with E-state index in [0.717, 1.165) is 12.1 Å². The average Bonchev–Trinajstić information content (AvgIpc) is 3.53. The largest absolute Gasteiger partial charge is 0.340 e. The van der Waals surface area contributed by atoms with Crippen molar-refractivity contribution in [1.82, 2.24) is 20.1 Å². The van der Waals surface area contributed by atoms with Gasteiger partial charge in [0, 0.05) is 42.8 Å². The minimum Gasteiger partial charge on any atom is -0.340 e. The topological polar surface area (TPSA) is 101 Å². The molecule has 3 aliphatic rings. The Bertz CT molecular complexity index is 1370. The lowest BCUT2D eigenvalue weighted by Crippen LogP contribution is -2.53. The molecule has 0 radical (unpaired) electrons. The third-order valence-corrected chi connectivity index (χ3v) is 9.97. The van der Waals surface area contributed by atoms with Gasteiger partial charge in [0.25, 0.3) is 5.91 Å². The molecule has 0 bridgehead atoms. The molecular formula is C30H37FN4O4S. The van der Waals surface area contributed by atoms with Crippen LogP contribution in [0.4, 0.5) is 4.39 Å². The minimum absolute atomic E-state index is 0.0504. The standard InChI is InChI=1S/C30H37FN4O4S/c1-30(12-10-23(31)11-13-30)25-21-27(25)32-14-4-5-26(29(37)35-17-19-40(38,39)20-18-35)33-28(36)22-6-8-24(9-7-22)34-15-2-3-16-34/h2-3,6-12,15-16,25-27,32H,4-5,13-14,17-21H2,1H3,(H,33,36)/t25-,26+,27-,30?/m1/s1. The molecule has 2 N–H and O–H groups in total. The number of sulfone groups is 1. The van der Waals surface area contributed by atoms with Crippen LogP contribution in [0.25, 0.3) is 5.69 Å². The fourth-order valence-corrected chi connectivity index (χ4v) is 6.89. The van der Waals surface area contributed by atoms with E-state index in [1.165, 1.54) is 0 Å². The van der Waals surface area contributed by atoms with Crippen molar-refractivity contribution in [2.75, 3.05) is 31.1 Å². The van der Waals surface area contributed by atoms with Gasteiger partial charge in [-0.3, -0.25) is 9.59 Å². The molecule has 214 valence electrons. The monoisotopic (exact) mass is 568 g/mol. The highest BCUT2D eigenvalue weighted by molar-refractivity contribution is 7.91. The Balaban J connectivity index is 1.17. The van der Waals surface area contributed by atoms with Crippen LogP contribution in [0, 0.1) is 11.3 Å². The molecule has 2 fully saturated rings. The van der Waals surface area contributed by atoms with Crippen molar-refractivity contribution in [2.24, 2.45) is 11.3 Å². The molecule has 2 amide bonds. The average molecular weight is 569 g/mol. The number of halogens is 1. The molecule has 2 aromatic rings. The van der Waals surface area contributed by atoms with Crippen LogP contribution in [0.2, 0.25) is 0 Å². The van der Waals surface area contributed by atoms with Crippen molar-refractivity contribution in [1.29, 1.82) is 0 Å². The molecule has 2 aliphatic carbocycles. The number of rotatable bonds is 10. The number of amides is 2. The highest BCUT2D eigenvalue weighted by Gasteiger charge is 2.48. The highest BCUT2D eigenvalue weighted by atomic mass is 32.2. The van der Waals surface area contributed by atoms with E-state index >= 15 is 0 Å². The quantitative estimate of drug-likeness (QED) is 0.428. The fourth-order valence-electron chi connectivity index (χ4n) is 5.69. The van der Waals surface area contributed by atoms with Gasteiger partial charge < -0.3 is 20.1 Å². The molecule has 1 unspecified atom stereocenters. The molecular weight excluding hydrogens is 531 g/mol. The van der Waals surface area contributed by atoms with Crippen LogP contribution in [0.1, 0.15) is 43.0 Å². The molecule has 2 heterocycles. The summed E-state index contributed by atoms with van der Waals surface area (Å²) in [5, 5.41) is 6.48. The number of hydrogen-bond donors (Lipinski definition) is 2. The number of carbonyl (C=O) groups is 2. The summed E-state index contributed by atoms with van der Waals surface area (Å²) in [6, 6.07) is 10.6. The first-order valence-electron chi connectivity index (χ1n) is 14.0. The maximum absolute atomic E-state index is 13.4. The van der Waals surface area contributed by atoms with E-state index in [0.29, 0.717) is 43.3 Å². The summed E-state index contributed by atoms with van der Waals surface area (Å²) in [4.78, 5) is 28.1. The molecule has 8 nitrogen and oxygen atoms in total. The smallest absolute Gasteiger partial charge is 0.251 e. The molecule has 1 aromatic heterocycles. The first-order valence-corrected chi connectivity index (χ1v) is 15.8. The number of allylic oxidation sites excluding steroid dienone is 4.